The summed E-state index contributed by atoms with van der Waals surface area (Å²) in [5.74, 6) is 0.151. The predicted octanol–water partition coefficient (Wildman–Crippen LogP) is 1.44. The summed E-state index contributed by atoms with van der Waals surface area (Å²) in [6.45, 7) is 6.24. The van der Waals surface area contributed by atoms with E-state index in [9.17, 15) is 9.59 Å². The molecule has 17 heavy (non-hydrogen) atoms. The summed E-state index contributed by atoms with van der Waals surface area (Å²) in [4.78, 5) is 21.2. The highest BCUT2D eigenvalue weighted by Crippen LogP contribution is 2.29. The van der Waals surface area contributed by atoms with Crippen LogP contribution in [0.25, 0.3) is 0 Å². The van der Waals surface area contributed by atoms with Crippen LogP contribution in [0.3, 0.4) is 0 Å². The van der Waals surface area contributed by atoms with E-state index in [0.717, 1.165) is 28.0 Å². The van der Waals surface area contributed by atoms with Gasteiger partial charge >= 0.3 is 0 Å². The molecule has 1 aromatic carbocycles. The van der Waals surface area contributed by atoms with E-state index in [2.05, 4.69) is 5.32 Å². The molecule has 1 amide bonds. The average molecular weight is 235 g/mol. The van der Waals surface area contributed by atoms with Gasteiger partial charge in [-0.15, -0.1) is 0 Å². The fourth-order valence-electron chi connectivity index (χ4n) is 1.82. The lowest BCUT2D eigenvalue weighted by Crippen LogP contribution is -2.24. The van der Waals surface area contributed by atoms with Gasteiger partial charge in [0.05, 0.1) is 7.11 Å². The van der Waals surface area contributed by atoms with Crippen LogP contribution in [0.1, 0.15) is 22.3 Å². The first-order valence-corrected chi connectivity index (χ1v) is 5.38. The number of aldehydes is 1. The van der Waals surface area contributed by atoms with Crippen LogP contribution in [0.2, 0.25) is 0 Å². The summed E-state index contributed by atoms with van der Waals surface area (Å²) < 4.78 is 5.36. The molecule has 0 unspecified atom stereocenters. The second-order valence-electron chi connectivity index (χ2n) is 3.98. The molecular formula is C13H17NO3. The van der Waals surface area contributed by atoms with Crippen LogP contribution in [0.15, 0.2) is 6.07 Å². The molecule has 0 aliphatic heterocycles. The topological polar surface area (TPSA) is 55.4 Å². The summed E-state index contributed by atoms with van der Waals surface area (Å²) in [5.41, 5.74) is 4.14. The van der Waals surface area contributed by atoms with Crippen molar-refractivity contribution >= 4 is 12.2 Å². The Labute approximate surface area is 101 Å². The Bertz CT molecular complexity index is 452. The molecule has 0 saturated heterocycles. The van der Waals surface area contributed by atoms with Crippen LogP contribution in [-0.4, -0.2) is 19.3 Å². The normalized spacial score (nSPS) is 9.88. The summed E-state index contributed by atoms with van der Waals surface area (Å²) in [6, 6.07) is 2.04. The first-order chi connectivity index (χ1) is 8.01. The molecule has 1 aromatic rings. The van der Waals surface area contributed by atoms with Crippen molar-refractivity contribution in [3.63, 3.8) is 0 Å². The zero-order valence-electron chi connectivity index (χ0n) is 10.6. The van der Waals surface area contributed by atoms with Gasteiger partial charge in [0.1, 0.15) is 5.75 Å². The highest BCUT2D eigenvalue weighted by Gasteiger charge is 2.12. The van der Waals surface area contributed by atoms with Crippen molar-refractivity contribution < 1.29 is 14.3 Å². The number of carbonyl (C=O) groups excluding carboxylic acids is 2. The molecular weight excluding hydrogens is 218 g/mol. The monoisotopic (exact) mass is 235 g/mol. The van der Waals surface area contributed by atoms with Crippen LogP contribution >= 0.6 is 0 Å². The highest BCUT2D eigenvalue weighted by molar-refractivity contribution is 6.23. The van der Waals surface area contributed by atoms with E-state index in [1.807, 2.05) is 26.8 Å². The minimum atomic E-state index is -0.621. The molecule has 0 aromatic heterocycles. The smallest absolute Gasteiger partial charge is 0.284 e. The quantitative estimate of drug-likeness (QED) is 0.634. The Morgan fingerprint density at radius 2 is 2.00 bits per heavy atom. The van der Waals surface area contributed by atoms with Gasteiger partial charge in [0.25, 0.3) is 5.91 Å². The lowest BCUT2D eigenvalue weighted by Gasteiger charge is -2.16. The first-order valence-electron chi connectivity index (χ1n) is 5.38. The Kier molecular flexibility index (Phi) is 4.26. The van der Waals surface area contributed by atoms with Gasteiger partial charge in [0, 0.05) is 12.1 Å². The molecule has 0 radical (unpaired) electrons. The van der Waals surface area contributed by atoms with E-state index < -0.39 is 5.91 Å². The number of benzene rings is 1. The highest BCUT2D eigenvalue weighted by atomic mass is 16.5. The van der Waals surface area contributed by atoms with Crippen LogP contribution in [0, 0.1) is 20.8 Å². The molecule has 0 fully saturated rings. The van der Waals surface area contributed by atoms with Gasteiger partial charge in [-0.05, 0) is 37.5 Å². The maximum absolute atomic E-state index is 10.9. The molecule has 92 valence electrons. The minimum absolute atomic E-state index is 0.267. The Morgan fingerprint density at radius 3 is 2.53 bits per heavy atom. The third-order valence-electron chi connectivity index (χ3n) is 2.87. The summed E-state index contributed by atoms with van der Waals surface area (Å²) in [5, 5.41) is 2.52. The first kappa shape index (κ1) is 13.2. The molecule has 0 bridgehead atoms. The lowest BCUT2D eigenvalue weighted by molar-refractivity contribution is -0.131. The molecule has 1 N–H and O–H groups in total. The fourth-order valence-corrected chi connectivity index (χ4v) is 1.82. The molecule has 0 spiro atoms. The third kappa shape index (κ3) is 2.84. The van der Waals surface area contributed by atoms with Gasteiger partial charge in [-0.1, -0.05) is 6.07 Å². The van der Waals surface area contributed by atoms with Crippen molar-refractivity contribution in [2.45, 2.75) is 27.3 Å². The van der Waals surface area contributed by atoms with Crippen molar-refractivity contribution in [1.29, 1.82) is 0 Å². The molecule has 0 aliphatic rings. The number of aryl methyl sites for hydroxylation is 2. The molecule has 0 aliphatic carbocycles. The zero-order chi connectivity index (χ0) is 13.0. The number of methoxy groups -OCH3 is 1. The summed E-state index contributed by atoms with van der Waals surface area (Å²) >= 11 is 0. The van der Waals surface area contributed by atoms with E-state index in [0.29, 0.717) is 6.54 Å². The maximum Gasteiger partial charge on any atom is 0.284 e. The Hall–Kier alpha value is -1.84. The van der Waals surface area contributed by atoms with Crippen molar-refractivity contribution in [2.24, 2.45) is 0 Å². The fraction of sp³-hybridized carbons (Fsp3) is 0.385. The molecule has 1 rings (SSSR count). The van der Waals surface area contributed by atoms with Crippen LogP contribution in [0.5, 0.6) is 5.75 Å². The van der Waals surface area contributed by atoms with E-state index >= 15 is 0 Å². The number of nitrogens with one attached hydrogen (secondary N) is 1. The SMILES string of the molecule is COc1c(C)c(C)cc(C)c1CNC(=O)C=O. The standard InChI is InChI=1S/C13H17NO3/c1-8-5-9(2)11(6-14-12(16)7-15)13(17-4)10(8)3/h5,7H,6H2,1-4H3,(H,14,16). The molecule has 0 atom stereocenters. The second kappa shape index (κ2) is 5.48. The summed E-state index contributed by atoms with van der Waals surface area (Å²) in [6.07, 6.45) is 0.267. The predicted molar refractivity (Wildman–Crippen MR) is 65.1 cm³/mol. The minimum Gasteiger partial charge on any atom is -0.496 e. The van der Waals surface area contributed by atoms with Crippen LogP contribution < -0.4 is 10.1 Å². The van der Waals surface area contributed by atoms with E-state index in [1.54, 1.807) is 7.11 Å². The Morgan fingerprint density at radius 1 is 1.35 bits per heavy atom. The molecule has 4 nitrogen and oxygen atoms in total. The van der Waals surface area contributed by atoms with Crippen LogP contribution in [0.4, 0.5) is 0 Å². The van der Waals surface area contributed by atoms with Crippen molar-refractivity contribution in [1.82, 2.24) is 5.32 Å². The third-order valence-corrected chi connectivity index (χ3v) is 2.87. The number of ether oxygens (including phenoxy) is 1. The lowest BCUT2D eigenvalue weighted by atomic mass is 9.99. The van der Waals surface area contributed by atoms with Gasteiger partial charge in [0.2, 0.25) is 6.29 Å². The Balaban J connectivity index is 3.09. The largest absolute Gasteiger partial charge is 0.496 e. The van der Waals surface area contributed by atoms with Crippen molar-refractivity contribution in [2.75, 3.05) is 7.11 Å². The number of hydrogen-bond acceptors (Lipinski definition) is 3. The number of carbonyl (C=O) groups is 2. The number of hydrogen-bond donors (Lipinski definition) is 1. The summed E-state index contributed by atoms with van der Waals surface area (Å²) in [7, 11) is 1.60. The maximum atomic E-state index is 10.9. The second-order valence-corrected chi connectivity index (χ2v) is 3.98. The van der Waals surface area contributed by atoms with E-state index in [4.69, 9.17) is 4.74 Å². The zero-order valence-corrected chi connectivity index (χ0v) is 10.6. The van der Waals surface area contributed by atoms with E-state index in [-0.39, 0.29) is 6.29 Å². The molecule has 0 heterocycles. The number of amides is 1. The van der Waals surface area contributed by atoms with Gasteiger partial charge in [0.15, 0.2) is 0 Å². The molecule has 4 heteroatoms. The van der Waals surface area contributed by atoms with Crippen LogP contribution in [-0.2, 0) is 16.1 Å². The molecule has 0 saturated carbocycles. The van der Waals surface area contributed by atoms with Gasteiger partial charge in [-0.2, -0.15) is 0 Å². The van der Waals surface area contributed by atoms with Crippen molar-refractivity contribution in [3.05, 3.63) is 28.3 Å². The van der Waals surface area contributed by atoms with Gasteiger partial charge in [-0.3, -0.25) is 9.59 Å². The van der Waals surface area contributed by atoms with Crippen molar-refractivity contribution in [3.8, 4) is 5.75 Å². The van der Waals surface area contributed by atoms with Gasteiger partial charge in [-0.25, -0.2) is 0 Å². The average Bonchev–Trinajstić information content (AvgIpc) is 2.31. The number of rotatable bonds is 4. The van der Waals surface area contributed by atoms with Gasteiger partial charge < -0.3 is 10.1 Å². The van der Waals surface area contributed by atoms with E-state index in [1.165, 1.54) is 0 Å².